The molecule has 6 heterocycles. The lowest BCUT2D eigenvalue weighted by Gasteiger charge is -2.37. The number of amides is 4. The van der Waals surface area contributed by atoms with Crippen molar-refractivity contribution < 1.29 is 27.9 Å². The van der Waals surface area contributed by atoms with Crippen LogP contribution in [0.15, 0.2) is 53.6 Å². The highest BCUT2D eigenvalue weighted by atomic mass is 32.2. The van der Waals surface area contributed by atoms with Crippen molar-refractivity contribution in [2.45, 2.75) is 112 Å². The van der Waals surface area contributed by atoms with Crippen LogP contribution < -0.4 is 20.4 Å². The van der Waals surface area contributed by atoms with Gasteiger partial charge in [0.25, 0.3) is 0 Å². The first-order valence-electron chi connectivity index (χ1n) is 21.9. The van der Waals surface area contributed by atoms with Crippen LogP contribution in [-0.4, -0.2) is 111 Å². The molecule has 1 spiro atoms. The predicted octanol–water partition coefficient (Wildman–Crippen LogP) is 4.38. The summed E-state index contributed by atoms with van der Waals surface area (Å²) < 4.78 is 31.6. The number of carbonyl (C=O) groups excluding carboxylic acids is 3. The molecule has 4 aromatic rings. The van der Waals surface area contributed by atoms with Gasteiger partial charge >= 0.3 is 6.03 Å². The second-order valence-corrected chi connectivity index (χ2v) is 20.2. The van der Waals surface area contributed by atoms with E-state index >= 15 is 0 Å². The first-order valence-corrected chi connectivity index (χ1v) is 23.4. The third kappa shape index (κ3) is 7.26. The number of carbonyl (C=O) groups is 3. The van der Waals surface area contributed by atoms with Crippen molar-refractivity contribution in [2.75, 3.05) is 47.8 Å². The van der Waals surface area contributed by atoms with Crippen molar-refractivity contribution in [1.82, 2.24) is 34.3 Å². The predicted molar refractivity (Wildman–Crippen MR) is 229 cm³/mol. The molecule has 5 fully saturated rings. The van der Waals surface area contributed by atoms with E-state index in [1.165, 1.54) is 10.5 Å². The number of sulfonamides is 1. The Bertz CT molecular complexity index is 2520. The molecule has 16 nitrogen and oxygen atoms in total. The zero-order valence-corrected chi connectivity index (χ0v) is 35.6. The topological polar surface area (TPSA) is 186 Å². The zero-order chi connectivity index (χ0) is 42.2. The molecule has 4 atom stereocenters. The smallest absolute Gasteiger partial charge is 0.329 e. The monoisotopic (exact) mass is 850 g/mol. The molecule has 61 heavy (non-hydrogen) atoms. The lowest BCUT2D eigenvalue weighted by Crippen LogP contribution is -2.49. The molecule has 3 saturated heterocycles. The molecule has 10 rings (SSSR count). The number of benzene rings is 2. The second kappa shape index (κ2) is 15.4. The molecule has 17 heteroatoms. The average molecular weight is 851 g/mol. The summed E-state index contributed by atoms with van der Waals surface area (Å²) in [4.78, 5) is 53.6. The van der Waals surface area contributed by atoms with Crippen LogP contribution in [0.4, 0.5) is 22.4 Å². The molecule has 322 valence electrons. The number of imide groups is 1. The van der Waals surface area contributed by atoms with Crippen LogP contribution in [0.3, 0.4) is 0 Å². The van der Waals surface area contributed by atoms with Gasteiger partial charge in [-0.25, -0.2) is 18.2 Å². The molecule has 0 unspecified atom stereocenters. The number of fused-ring (bicyclic) bond motifs is 3. The van der Waals surface area contributed by atoms with E-state index in [0.29, 0.717) is 67.4 Å². The Hall–Kier alpha value is -4.97. The summed E-state index contributed by atoms with van der Waals surface area (Å²) in [5.74, 6) is 1.83. The fourth-order valence-corrected chi connectivity index (χ4v) is 12.2. The third-order valence-corrected chi connectivity index (χ3v) is 16.1. The molecular formula is C44H54N10O6S. The van der Waals surface area contributed by atoms with E-state index < -0.39 is 27.6 Å². The summed E-state index contributed by atoms with van der Waals surface area (Å²) in [6.45, 7) is 5.49. The fraction of sp³-hybridized carbons (Fsp3) is 0.545. The highest BCUT2D eigenvalue weighted by Crippen LogP contribution is 2.57. The SMILES string of the molecule is C[C@@H]1CN(S(=O)(=O)c2cccc(CN3CCC(c4ccc5c(N6CCC(=O)NC6=O)nn(C)c5c4)CC3)c2)CC[C@H]1Nc1ncc2c(n1)N([C@@H]1CCC[C@@H](O)C1)C(=O)C21CC1. The normalized spacial score (nSPS) is 26.2. The van der Waals surface area contributed by atoms with E-state index in [2.05, 4.69) is 44.7 Å². The van der Waals surface area contributed by atoms with Crippen molar-refractivity contribution in [3.63, 3.8) is 0 Å². The van der Waals surface area contributed by atoms with Crippen LogP contribution in [-0.2, 0) is 38.6 Å². The summed E-state index contributed by atoms with van der Waals surface area (Å²) in [5.41, 5.74) is 3.52. The Morgan fingerprint density at radius 1 is 0.967 bits per heavy atom. The molecule has 3 N–H and O–H groups in total. The van der Waals surface area contributed by atoms with Gasteiger partial charge in [-0.15, -0.1) is 0 Å². The van der Waals surface area contributed by atoms with E-state index in [1.54, 1.807) is 21.3 Å². The number of likely N-dealkylation sites (tertiary alicyclic amines) is 1. The minimum atomic E-state index is -3.73. The Kier molecular flexibility index (Phi) is 10.2. The average Bonchev–Trinajstić information content (AvgIpc) is 3.94. The molecule has 4 amide bonds. The molecule has 0 radical (unpaired) electrons. The molecule has 2 aliphatic carbocycles. The van der Waals surface area contributed by atoms with Gasteiger partial charge in [0.05, 0.1) is 21.9 Å². The Labute approximate surface area is 355 Å². The molecule has 2 aromatic heterocycles. The fourth-order valence-electron chi connectivity index (χ4n) is 10.5. The number of rotatable bonds is 9. The molecule has 0 bridgehead atoms. The highest BCUT2D eigenvalue weighted by molar-refractivity contribution is 7.89. The maximum atomic E-state index is 14.1. The van der Waals surface area contributed by atoms with Crippen LogP contribution in [0.5, 0.6) is 0 Å². The number of aliphatic hydroxyl groups excluding tert-OH is 1. The maximum Gasteiger partial charge on any atom is 0.329 e. The zero-order valence-electron chi connectivity index (χ0n) is 34.8. The van der Waals surface area contributed by atoms with Gasteiger partial charge < -0.3 is 10.4 Å². The van der Waals surface area contributed by atoms with Gasteiger partial charge in [-0.2, -0.15) is 14.4 Å². The van der Waals surface area contributed by atoms with E-state index in [9.17, 15) is 27.9 Å². The number of piperidine rings is 2. The van der Waals surface area contributed by atoms with Gasteiger partial charge in [0.1, 0.15) is 5.82 Å². The van der Waals surface area contributed by atoms with Gasteiger partial charge in [0.15, 0.2) is 5.82 Å². The van der Waals surface area contributed by atoms with E-state index in [4.69, 9.17) is 4.98 Å². The van der Waals surface area contributed by atoms with Gasteiger partial charge in [0.2, 0.25) is 27.8 Å². The number of aromatic nitrogens is 4. The largest absolute Gasteiger partial charge is 0.393 e. The number of urea groups is 1. The number of aliphatic hydroxyl groups is 1. The van der Waals surface area contributed by atoms with E-state index in [0.717, 1.165) is 80.1 Å². The number of nitrogens with zero attached hydrogens (tertiary/aromatic N) is 8. The molecule has 6 aliphatic rings. The van der Waals surface area contributed by atoms with E-state index in [-0.39, 0.29) is 36.2 Å². The van der Waals surface area contributed by atoms with Gasteiger partial charge in [-0.3, -0.25) is 34.3 Å². The van der Waals surface area contributed by atoms with Crippen LogP contribution in [0, 0.1) is 5.92 Å². The van der Waals surface area contributed by atoms with Crippen molar-refractivity contribution in [3.05, 3.63) is 65.4 Å². The Morgan fingerprint density at radius 2 is 1.79 bits per heavy atom. The van der Waals surface area contributed by atoms with Crippen molar-refractivity contribution in [2.24, 2.45) is 13.0 Å². The van der Waals surface area contributed by atoms with Crippen LogP contribution in [0.1, 0.15) is 93.7 Å². The second-order valence-electron chi connectivity index (χ2n) is 18.2. The number of hydrogen-bond donors (Lipinski definition) is 3. The Morgan fingerprint density at radius 3 is 2.54 bits per heavy atom. The molecule has 4 aliphatic heterocycles. The minimum absolute atomic E-state index is 0.0189. The van der Waals surface area contributed by atoms with Gasteiger partial charge in [0, 0.05) is 68.9 Å². The molecule has 2 aromatic carbocycles. The first kappa shape index (κ1) is 40.1. The minimum Gasteiger partial charge on any atom is -0.393 e. The number of hydrogen-bond acceptors (Lipinski definition) is 11. The number of anilines is 3. The quantitative estimate of drug-likeness (QED) is 0.217. The summed E-state index contributed by atoms with van der Waals surface area (Å²) in [7, 11) is -1.86. The first-order chi connectivity index (χ1) is 29.4. The van der Waals surface area contributed by atoms with E-state index in [1.807, 2.05) is 36.2 Å². The maximum absolute atomic E-state index is 14.1. The number of aryl methyl sites for hydroxylation is 1. The standard InChI is InChI=1S/C44H54N10O6S/c1-27-25-52(19-13-36(27)46-42-45-24-35-40(48-42)54(41(57)44(35)15-16-44)31-6-4-7-32(55)23-31)61(59,60)33-8-3-5-28(21-33)26-51-17-11-29(12-18-51)30-9-10-34-37(22-30)50(2)49-39(34)53-20-14-38(56)47-43(53)58/h3,5,8-10,21-22,24,27,29,31-32,36,55H,4,6-7,11-20,23,25-26H2,1-2H3,(H,45,46,48)(H,47,56,58)/t27-,31-,32-,36-/m1/s1. The summed E-state index contributed by atoms with van der Waals surface area (Å²) >= 11 is 0. The highest BCUT2D eigenvalue weighted by Gasteiger charge is 2.61. The Balaban J connectivity index is 0.754. The van der Waals surface area contributed by atoms with Gasteiger partial charge in [-0.1, -0.05) is 25.1 Å². The summed E-state index contributed by atoms with van der Waals surface area (Å²) in [5, 5.41) is 21.8. The van der Waals surface area contributed by atoms with Gasteiger partial charge in [-0.05, 0) is 118 Å². The van der Waals surface area contributed by atoms with Crippen LogP contribution in [0.2, 0.25) is 0 Å². The summed E-state index contributed by atoms with van der Waals surface area (Å²) in [6, 6.07) is 13.1. The van der Waals surface area contributed by atoms with Crippen LogP contribution in [0.25, 0.3) is 10.9 Å². The molecule has 2 saturated carbocycles. The van der Waals surface area contributed by atoms with Crippen molar-refractivity contribution in [3.8, 4) is 0 Å². The number of nitrogens with one attached hydrogen (secondary N) is 2. The van der Waals surface area contributed by atoms with Crippen molar-refractivity contribution >= 4 is 56.4 Å². The van der Waals surface area contributed by atoms with Crippen LogP contribution >= 0.6 is 0 Å². The summed E-state index contributed by atoms with van der Waals surface area (Å²) in [6.07, 6.45) is 8.79. The third-order valence-electron chi connectivity index (χ3n) is 14.2. The lowest BCUT2D eigenvalue weighted by atomic mass is 9.89. The molecular weight excluding hydrogens is 797 g/mol. The van der Waals surface area contributed by atoms with Crippen molar-refractivity contribution in [1.29, 1.82) is 0 Å². The lowest BCUT2D eigenvalue weighted by molar-refractivity contribution is -0.121.